The van der Waals surface area contributed by atoms with E-state index < -0.39 is 31.4 Å². The number of nitrogens with two attached hydrogens (primary N) is 1. The molecule has 0 fully saturated rings. The summed E-state index contributed by atoms with van der Waals surface area (Å²) in [4.78, 5) is 10.6. The lowest BCUT2D eigenvalue weighted by molar-refractivity contribution is -0.177. The first kappa shape index (κ1) is 12.2. The molecule has 0 aliphatic rings. The van der Waals surface area contributed by atoms with Gasteiger partial charge in [0.15, 0.2) is 0 Å². The fourth-order valence-corrected chi connectivity index (χ4v) is 0.521. The van der Waals surface area contributed by atoms with Crippen LogP contribution in [-0.2, 0) is 14.3 Å². The summed E-state index contributed by atoms with van der Waals surface area (Å²) in [6.07, 6.45) is -4.41. The second kappa shape index (κ2) is 5.03. The molecule has 1 atom stereocenters. The van der Waals surface area contributed by atoms with Gasteiger partial charge in [0.1, 0.15) is 12.6 Å². The van der Waals surface area contributed by atoms with Crippen molar-refractivity contribution in [2.24, 2.45) is 5.73 Å². The summed E-state index contributed by atoms with van der Waals surface area (Å²) in [6, 6.07) is -1.17. The second-order valence-electron chi connectivity index (χ2n) is 2.26. The monoisotopic (exact) mass is 201 g/mol. The van der Waals surface area contributed by atoms with Crippen molar-refractivity contribution in [3.63, 3.8) is 0 Å². The maximum Gasteiger partial charge on any atom is 0.411 e. The highest BCUT2D eigenvalue weighted by Gasteiger charge is 2.28. The summed E-state index contributed by atoms with van der Waals surface area (Å²) in [5.74, 6) is -0.804. The molecule has 78 valence electrons. The molecule has 7 heteroatoms. The summed E-state index contributed by atoms with van der Waals surface area (Å²) in [5, 5.41) is 0. The van der Waals surface area contributed by atoms with Gasteiger partial charge in [0.05, 0.1) is 13.7 Å². The molecule has 0 rings (SSSR count). The molecule has 0 aromatic heterocycles. The van der Waals surface area contributed by atoms with E-state index in [0.29, 0.717) is 0 Å². The maximum atomic E-state index is 11.5. The third kappa shape index (κ3) is 6.35. The molecule has 0 aromatic rings. The summed E-state index contributed by atoms with van der Waals surface area (Å²) in [7, 11) is 1.09. The minimum atomic E-state index is -4.41. The minimum absolute atomic E-state index is 0.508. The van der Waals surface area contributed by atoms with Crippen LogP contribution < -0.4 is 5.73 Å². The molecule has 0 spiro atoms. The lowest BCUT2D eigenvalue weighted by atomic mass is 10.3. The first-order valence-corrected chi connectivity index (χ1v) is 3.34. The van der Waals surface area contributed by atoms with Gasteiger partial charge in [-0.15, -0.1) is 0 Å². The van der Waals surface area contributed by atoms with Crippen molar-refractivity contribution in [2.45, 2.75) is 12.2 Å². The Kier molecular flexibility index (Phi) is 4.71. The molecule has 0 heterocycles. The van der Waals surface area contributed by atoms with Crippen LogP contribution in [0.4, 0.5) is 13.2 Å². The van der Waals surface area contributed by atoms with Gasteiger partial charge in [0.25, 0.3) is 0 Å². The van der Waals surface area contributed by atoms with Crippen LogP contribution in [0.25, 0.3) is 0 Å². The summed E-state index contributed by atoms with van der Waals surface area (Å²) < 4.78 is 42.8. The predicted molar refractivity (Wildman–Crippen MR) is 36.9 cm³/mol. The van der Waals surface area contributed by atoms with E-state index in [-0.39, 0.29) is 0 Å². The quantitative estimate of drug-likeness (QED) is 0.653. The Hall–Kier alpha value is -0.820. The molecule has 4 nitrogen and oxygen atoms in total. The average Bonchev–Trinajstić information content (AvgIpc) is 2.00. The lowest BCUT2D eigenvalue weighted by Gasteiger charge is -2.11. The van der Waals surface area contributed by atoms with E-state index in [2.05, 4.69) is 9.47 Å². The maximum absolute atomic E-state index is 11.5. The van der Waals surface area contributed by atoms with Crippen molar-refractivity contribution < 1.29 is 27.4 Å². The van der Waals surface area contributed by atoms with Gasteiger partial charge in [-0.3, -0.25) is 4.79 Å². The topological polar surface area (TPSA) is 61.5 Å². The molecular weight excluding hydrogens is 191 g/mol. The highest BCUT2D eigenvalue weighted by atomic mass is 19.4. The van der Waals surface area contributed by atoms with Gasteiger partial charge in [-0.1, -0.05) is 0 Å². The Balaban J connectivity index is 3.59. The van der Waals surface area contributed by atoms with Gasteiger partial charge >= 0.3 is 12.1 Å². The van der Waals surface area contributed by atoms with E-state index >= 15 is 0 Å². The highest BCUT2D eigenvalue weighted by Crippen LogP contribution is 2.14. The highest BCUT2D eigenvalue weighted by molar-refractivity contribution is 5.75. The van der Waals surface area contributed by atoms with Crippen LogP contribution in [0.3, 0.4) is 0 Å². The number of halogens is 3. The molecule has 0 radical (unpaired) electrons. The van der Waals surface area contributed by atoms with Gasteiger partial charge in [0.2, 0.25) is 0 Å². The molecule has 2 N–H and O–H groups in total. The van der Waals surface area contributed by atoms with Crippen molar-refractivity contribution in [1.82, 2.24) is 0 Å². The molecule has 0 amide bonds. The van der Waals surface area contributed by atoms with E-state index in [1.165, 1.54) is 0 Å². The fourth-order valence-electron chi connectivity index (χ4n) is 0.521. The van der Waals surface area contributed by atoms with Gasteiger partial charge < -0.3 is 15.2 Å². The fraction of sp³-hybridized carbons (Fsp3) is 0.833. The molecule has 0 aromatic carbocycles. The van der Waals surface area contributed by atoms with Crippen LogP contribution in [-0.4, -0.2) is 38.5 Å². The Morgan fingerprint density at radius 3 is 2.46 bits per heavy atom. The third-order valence-corrected chi connectivity index (χ3v) is 1.07. The molecule has 0 aliphatic heterocycles. The predicted octanol–water partition coefficient (Wildman–Crippen LogP) is 0.0656. The molecule has 13 heavy (non-hydrogen) atoms. The van der Waals surface area contributed by atoms with Crippen LogP contribution in [0.15, 0.2) is 0 Å². The van der Waals surface area contributed by atoms with Crippen molar-refractivity contribution in [3.8, 4) is 0 Å². The zero-order chi connectivity index (χ0) is 10.5. The van der Waals surface area contributed by atoms with E-state index in [4.69, 9.17) is 5.73 Å². The number of methoxy groups -OCH3 is 1. The van der Waals surface area contributed by atoms with Crippen molar-refractivity contribution >= 4 is 5.97 Å². The van der Waals surface area contributed by atoms with Gasteiger partial charge in [-0.05, 0) is 0 Å². The minimum Gasteiger partial charge on any atom is -0.468 e. The largest absolute Gasteiger partial charge is 0.468 e. The normalized spacial score (nSPS) is 13.9. The van der Waals surface area contributed by atoms with Crippen LogP contribution in [0.5, 0.6) is 0 Å². The first-order chi connectivity index (χ1) is 5.87. The molecule has 0 saturated carbocycles. The molecule has 0 bridgehead atoms. The average molecular weight is 201 g/mol. The van der Waals surface area contributed by atoms with E-state index in [1.54, 1.807) is 0 Å². The van der Waals surface area contributed by atoms with E-state index in [9.17, 15) is 18.0 Å². The number of carbonyl (C=O) groups is 1. The number of alkyl halides is 3. The SMILES string of the molecule is COC(=O)C(N)COCC(F)(F)F. The lowest BCUT2D eigenvalue weighted by Crippen LogP contribution is -2.37. The Morgan fingerprint density at radius 1 is 1.54 bits per heavy atom. The zero-order valence-electron chi connectivity index (χ0n) is 6.93. The van der Waals surface area contributed by atoms with Crippen LogP contribution in [0, 0.1) is 0 Å². The first-order valence-electron chi connectivity index (χ1n) is 3.34. The Bertz CT molecular complexity index is 171. The van der Waals surface area contributed by atoms with Gasteiger partial charge in [-0.25, -0.2) is 0 Å². The summed E-state index contributed by atoms with van der Waals surface area (Å²) >= 11 is 0. The van der Waals surface area contributed by atoms with Gasteiger partial charge in [0, 0.05) is 0 Å². The van der Waals surface area contributed by atoms with Crippen LogP contribution in [0.2, 0.25) is 0 Å². The number of ether oxygens (including phenoxy) is 2. The summed E-state index contributed by atoms with van der Waals surface area (Å²) in [6.45, 7) is -1.93. The third-order valence-electron chi connectivity index (χ3n) is 1.07. The molecule has 1 unspecified atom stereocenters. The van der Waals surface area contributed by atoms with E-state index in [1.807, 2.05) is 0 Å². The zero-order valence-corrected chi connectivity index (χ0v) is 6.93. The smallest absolute Gasteiger partial charge is 0.411 e. The number of esters is 1. The number of rotatable bonds is 4. The van der Waals surface area contributed by atoms with Crippen molar-refractivity contribution in [2.75, 3.05) is 20.3 Å². The number of hydrogen-bond acceptors (Lipinski definition) is 4. The Morgan fingerprint density at radius 2 is 2.08 bits per heavy atom. The second-order valence-corrected chi connectivity index (χ2v) is 2.26. The van der Waals surface area contributed by atoms with Crippen molar-refractivity contribution in [1.29, 1.82) is 0 Å². The van der Waals surface area contributed by atoms with Gasteiger partial charge in [-0.2, -0.15) is 13.2 Å². The van der Waals surface area contributed by atoms with E-state index in [0.717, 1.165) is 7.11 Å². The molecular formula is C6H10F3NO3. The van der Waals surface area contributed by atoms with Crippen molar-refractivity contribution in [3.05, 3.63) is 0 Å². The Labute approximate surface area is 72.8 Å². The number of hydrogen-bond donors (Lipinski definition) is 1. The van der Waals surface area contributed by atoms with Crippen LogP contribution >= 0.6 is 0 Å². The standard InChI is InChI=1S/C6H10F3NO3/c1-12-5(11)4(10)2-13-3-6(7,8)9/h4H,2-3,10H2,1H3. The summed E-state index contributed by atoms with van der Waals surface area (Å²) in [5.41, 5.74) is 5.09. The van der Waals surface area contributed by atoms with Crippen LogP contribution in [0.1, 0.15) is 0 Å². The number of carbonyl (C=O) groups excluding carboxylic acids is 1. The molecule has 0 saturated heterocycles. The molecule has 0 aliphatic carbocycles.